The molecule has 2 N–H and O–H groups in total. The largest absolute Gasteiger partial charge is 0.469 e. The number of hydrogen-bond donors (Lipinski definition) is 1. The molecule has 9 heteroatoms. The molecule has 0 saturated carbocycles. The minimum absolute atomic E-state index is 0.0304. The number of rotatable bonds is 6. The highest BCUT2D eigenvalue weighted by Gasteiger charge is 2.42. The highest BCUT2D eigenvalue weighted by atomic mass is 16.5. The molecule has 0 aliphatic carbocycles. The summed E-state index contributed by atoms with van der Waals surface area (Å²) >= 11 is 0. The van der Waals surface area contributed by atoms with E-state index >= 15 is 0 Å². The van der Waals surface area contributed by atoms with E-state index < -0.39 is 5.41 Å². The predicted molar refractivity (Wildman–Crippen MR) is 162 cm³/mol. The number of hydrogen-bond acceptors (Lipinski definition) is 7. The molecule has 9 nitrogen and oxygen atoms in total. The number of ether oxygens (including phenoxy) is 1. The van der Waals surface area contributed by atoms with E-state index in [0.29, 0.717) is 47.0 Å². The van der Waals surface area contributed by atoms with Gasteiger partial charge in [-0.25, -0.2) is 15.0 Å². The van der Waals surface area contributed by atoms with E-state index in [1.165, 1.54) is 7.11 Å². The molecule has 212 valence electrons. The second-order valence-electron chi connectivity index (χ2n) is 11.1. The molecule has 0 bridgehead atoms. The average molecular weight is 561 g/mol. The van der Waals surface area contributed by atoms with Crippen LogP contribution in [0.25, 0.3) is 39.5 Å². The van der Waals surface area contributed by atoms with Crippen molar-refractivity contribution in [1.82, 2.24) is 24.4 Å². The summed E-state index contributed by atoms with van der Waals surface area (Å²) < 4.78 is 6.95. The van der Waals surface area contributed by atoms with Crippen LogP contribution in [-0.4, -0.2) is 56.5 Å². The number of methoxy groups -OCH3 is 1. The number of pyridine rings is 2. The third-order valence-corrected chi connectivity index (χ3v) is 8.23. The number of nitrogen functional groups attached to an aromatic ring is 1. The van der Waals surface area contributed by atoms with E-state index in [1.807, 2.05) is 102 Å². The van der Waals surface area contributed by atoms with E-state index in [9.17, 15) is 9.59 Å². The molecule has 1 aliphatic heterocycles. The first-order valence-electron chi connectivity index (χ1n) is 13.9. The number of carbonyl (C=O) groups is 2. The zero-order valence-electron chi connectivity index (χ0n) is 23.8. The molecular formula is C33H32N6O3. The van der Waals surface area contributed by atoms with Crippen LogP contribution in [0.5, 0.6) is 0 Å². The van der Waals surface area contributed by atoms with E-state index in [0.717, 1.165) is 23.4 Å². The van der Waals surface area contributed by atoms with Crippen molar-refractivity contribution in [3.63, 3.8) is 0 Å². The minimum Gasteiger partial charge on any atom is -0.469 e. The fourth-order valence-corrected chi connectivity index (χ4v) is 5.66. The summed E-state index contributed by atoms with van der Waals surface area (Å²) in [6, 6.07) is 25.0. The Morgan fingerprint density at radius 1 is 0.952 bits per heavy atom. The molecule has 1 atom stereocenters. The summed E-state index contributed by atoms with van der Waals surface area (Å²) in [5.74, 6) is 0.680. The van der Waals surface area contributed by atoms with E-state index in [2.05, 4.69) is 4.98 Å². The van der Waals surface area contributed by atoms with Gasteiger partial charge in [0.15, 0.2) is 11.5 Å². The van der Waals surface area contributed by atoms with Gasteiger partial charge in [0.25, 0.3) is 5.91 Å². The van der Waals surface area contributed by atoms with Gasteiger partial charge in [0.05, 0.1) is 23.8 Å². The molecule has 5 aromatic rings. The molecule has 1 amide bonds. The van der Waals surface area contributed by atoms with Gasteiger partial charge in [-0.1, -0.05) is 30.3 Å². The highest BCUT2D eigenvalue weighted by Crippen LogP contribution is 2.36. The number of fused-ring (bicyclic) bond motifs is 1. The maximum absolute atomic E-state index is 13.5. The van der Waals surface area contributed by atoms with Crippen LogP contribution in [0.3, 0.4) is 0 Å². The standard InChI is InChI=1S/C33H32N6O3/c1-33(2,32(41)42-3)23-17-19-38(20-23)31(40)22-11-13-24(14-12-22)39-29(25-10-7-18-35-28(25)34)37-27-16-15-26(36-30(27)39)21-8-5-4-6-9-21/h4-16,18,23H,17,19-20H2,1-3H3,(H2,34,35). The maximum Gasteiger partial charge on any atom is 0.311 e. The van der Waals surface area contributed by atoms with Crippen LogP contribution in [0.4, 0.5) is 5.82 Å². The Morgan fingerprint density at radius 3 is 2.43 bits per heavy atom. The molecule has 1 aliphatic rings. The number of nitrogens with zero attached hydrogens (tertiary/aromatic N) is 5. The third kappa shape index (κ3) is 4.76. The van der Waals surface area contributed by atoms with Gasteiger partial charge in [-0.15, -0.1) is 0 Å². The van der Waals surface area contributed by atoms with E-state index in [1.54, 1.807) is 6.20 Å². The smallest absolute Gasteiger partial charge is 0.311 e. The highest BCUT2D eigenvalue weighted by molar-refractivity contribution is 5.95. The first-order chi connectivity index (χ1) is 20.3. The van der Waals surface area contributed by atoms with Crippen LogP contribution in [-0.2, 0) is 9.53 Å². The van der Waals surface area contributed by atoms with Gasteiger partial charge in [-0.2, -0.15) is 0 Å². The molecule has 0 spiro atoms. The molecule has 6 rings (SSSR count). The fourth-order valence-electron chi connectivity index (χ4n) is 5.66. The Kier molecular flexibility index (Phi) is 6.94. The second-order valence-corrected chi connectivity index (χ2v) is 11.1. The van der Waals surface area contributed by atoms with Crippen molar-refractivity contribution in [2.24, 2.45) is 11.3 Å². The van der Waals surface area contributed by atoms with Crippen LogP contribution < -0.4 is 5.73 Å². The summed E-state index contributed by atoms with van der Waals surface area (Å²) in [4.78, 5) is 41.7. The van der Waals surface area contributed by atoms with E-state index in [-0.39, 0.29) is 17.8 Å². The topological polar surface area (TPSA) is 116 Å². The predicted octanol–water partition coefficient (Wildman–Crippen LogP) is 5.39. The number of aromatic nitrogens is 4. The van der Waals surface area contributed by atoms with Crippen LogP contribution in [0, 0.1) is 11.3 Å². The summed E-state index contributed by atoms with van der Waals surface area (Å²) in [7, 11) is 1.40. The molecule has 1 fully saturated rings. The molecule has 3 aromatic heterocycles. The lowest BCUT2D eigenvalue weighted by molar-refractivity contribution is -0.153. The summed E-state index contributed by atoms with van der Waals surface area (Å²) in [5.41, 5.74) is 10.9. The summed E-state index contributed by atoms with van der Waals surface area (Å²) in [5, 5.41) is 0. The molecule has 1 saturated heterocycles. The van der Waals surface area contributed by atoms with Gasteiger partial charge in [0.1, 0.15) is 11.3 Å². The first kappa shape index (κ1) is 27.1. The lowest BCUT2D eigenvalue weighted by Crippen LogP contribution is -2.37. The van der Waals surface area contributed by atoms with Gasteiger partial charge in [-0.05, 0) is 74.7 Å². The third-order valence-electron chi connectivity index (χ3n) is 8.23. The van der Waals surface area contributed by atoms with Crippen molar-refractivity contribution in [3.05, 3.63) is 90.6 Å². The Bertz CT molecular complexity index is 1780. The first-order valence-corrected chi connectivity index (χ1v) is 13.9. The Hall–Kier alpha value is -5.05. The molecule has 2 aromatic carbocycles. The Labute approximate surface area is 244 Å². The molecule has 42 heavy (non-hydrogen) atoms. The van der Waals surface area contributed by atoms with Crippen LogP contribution in [0.15, 0.2) is 85.1 Å². The van der Waals surface area contributed by atoms with Crippen molar-refractivity contribution < 1.29 is 14.3 Å². The number of likely N-dealkylation sites (tertiary alicyclic amines) is 1. The molecular weight excluding hydrogens is 528 g/mol. The summed E-state index contributed by atoms with van der Waals surface area (Å²) in [6.45, 7) is 4.86. The Morgan fingerprint density at radius 2 is 1.71 bits per heavy atom. The average Bonchev–Trinajstić information content (AvgIpc) is 3.67. The van der Waals surface area contributed by atoms with Gasteiger partial charge in [-0.3, -0.25) is 14.2 Å². The van der Waals surface area contributed by atoms with Gasteiger partial charge < -0.3 is 15.4 Å². The number of anilines is 1. The monoisotopic (exact) mass is 560 g/mol. The normalized spacial score (nSPS) is 15.2. The van der Waals surface area contributed by atoms with Gasteiger partial charge in [0.2, 0.25) is 0 Å². The molecule has 0 radical (unpaired) electrons. The van der Waals surface area contributed by atoms with E-state index in [4.69, 9.17) is 20.4 Å². The fraction of sp³-hybridized carbons (Fsp3) is 0.242. The number of imidazole rings is 1. The van der Waals surface area contributed by atoms with Crippen LogP contribution in [0.1, 0.15) is 30.6 Å². The minimum atomic E-state index is -0.660. The number of carbonyl (C=O) groups excluding carboxylic acids is 2. The molecule has 1 unspecified atom stereocenters. The van der Waals surface area contributed by atoms with Crippen LogP contribution >= 0.6 is 0 Å². The number of nitrogens with two attached hydrogens (primary N) is 1. The lowest BCUT2D eigenvalue weighted by Gasteiger charge is -2.28. The zero-order valence-corrected chi connectivity index (χ0v) is 23.8. The lowest BCUT2D eigenvalue weighted by atomic mass is 9.78. The SMILES string of the molecule is COC(=O)C(C)(C)C1CCN(C(=O)c2ccc(-n3c(-c4cccnc4N)nc4ccc(-c5ccccc5)nc43)cc2)C1. The Balaban J connectivity index is 1.37. The van der Waals surface area contributed by atoms with Crippen LogP contribution in [0.2, 0.25) is 0 Å². The zero-order chi connectivity index (χ0) is 29.4. The van der Waals surface area contributed by atoms with Crippen molar-refractivity contribution >= 4 is 28.9 Å². The second kappa shape index (κ2) is 10.7. The van der Waals surface area contributed by atoms with Crippen molar-refractivity contribution in [2.75, 3.05) is 25.9 Å². The number of benzene rings is 2. The van der Waals surface area contributed by atoms with Gasteiger partial charge >= 0.3 is 5.97 Å². The van der Waals surface area contributed by atoms with Crippen molar-refractivity contribution in [1.29, 1.82) is 0 Å². The van der Waals surface area contributed by atoms with Crippen molar-refractivity contribution in [2.45, 2.75) is 20.3 Å². The van der Waals surface area contributed by atoms with Crippen molar-refractivity contribution in [3.8, 4) is 28.3 Å². The maximum atomic E-state index is 13.5. The number of esters is 1. The molecule has 4 heterocycles. The van der Waals surface area contributed by atoms with Gasteiger partial charge in [0, 0.05) is 36.1 Å². The summed E-state index contributed by atoms with van der Waals surface area (Å²) in [6.07, 6.45) is 2.39. The number of amides is 1. The quantitative estimate of drug-likeness (QED) is 0.277.